The van der Waals surface area contributed by atoms with Crippen molar-refractivity contribution in [1.29, 1.82) is 0 Å². The van der Waals surface area contributed by atoms with Gasteiger partial charge in [-0.15, -0.1) is 0 Å². The molecule has 6 heteroatoms. The predicted octanol–water partition coefficient (Wildman–Crippen LogP) is 3.95. The van der Waals surface area contributed by atoms with Crippen LogP contribution < -0.4 is 0 Å². The van der Waals surface area contributed by atoms with Crippen LogP contribution in [0.3, 0.4) is 0 Å². The van der Waals surface area contributed by atoms with E-state index in [0.717, 1.165) is 24.2 Å². The first-order valence-electron chi connectivity index (χ1n) is 11.2. The Morgan fingerprint density at radius 3 is 1.97 bits per heavy atom. The SMILES string of the molecule is CO[C@@H]1O[C@H](CON2CCCCC2)C(OCc2ccccc2)C1OCc1ccccc1. The van der Waals surface area contributed by atoms with E-state index in [0.29, 0.717) is 19.8 Å². The molecule has 168 valence electrons. The zero-order valence-corrected chi connectivity index (χ0v) is 18.2. The van der Waals surface area contributed by atoms with Crippen molar-refractivity contribution in [1.82, 2.24) is 5.06 Å². The molecule has 2 aliphatic heterocycles. The summed E-state index contributed by atoms with van der Waals surface area (Å²) in [6.07, 6.45) is 2.20. The number of methoxy groups -OCH3 is 1. The zero-order valence-electron chi connectivity index (χ0n) is 18.2. The number of rotatable bonds is 10. The molecule has 2 aromatic rings. The molecule has 2 fully saturated rings. The summed E-state index contributed by atoms with van der Waals surface area (Å²) in [5, 5.41) is 2.04. The monoisotopic (exact) mass is 427 g/mol. The lowest BCUT2D eigenvalue weighted by Gasteiger charge is -2.28. The van der Waals surface area contributed by atoms with Crippen LogP contribution in [-0.4, -0.2) is 56.5 Å². The van der Waals surface area contributed by atoms with Gasteiger partial charge in [0.15, 0.2) is 6.29 Å². The Balaban J connectivity index is 1.42. The number of piperidine rings is 1. The maximum absolute atomic E-state index is 6.35. The third kappa shape index (κ3) is 6.35. The van der Waals surface area contributed by atoms with E-state index >= 15 is 0 Å². The maximum atomic E-state index is 6.35. The number of nitrogens with zero attached hydrogens (tertiary/aromatic N) is 1. The molecular formula is C25H33NO5. The van der Waals surface area contributed by atoms with Crippen molar-refractivity contribution >= 4 is 0 Å². The van der Waals surface area contributed by atoms with Crippen LogP contribution in [0.15, 0.2) is 60.7 Å². The standard InChI is InChI=1S/C25H33NO5/c1-27-25-24(29-18-21-13-7-3-8-14-21)23(28-17-20-11-5-2-6-12-20)22(31-25)19-30-26-15-9-4-10-16-26/h2-3,5-8,11-14,22-25H,4,9-10,15-19H2,1H3/t22-,23?,24?,25-/m1/s1. The van der Waals surface area contributed by atoms with Crippen molar-refractivity contribution in [3.63, 3.8) is 0 Å². The summed E-state index contributed by atoms with van der Waals surface area (Å²) < 4.78 is 24.4. The van der Waals surface area contributed by atoms with Crippen molar-refractivity contribution in [2.45, 2.75) is 57.1 Å². The van der Waals surface area contributed by atoms with Gasteiger partial charge in [-0.1, -0.05) is 67.1 Å². The van der Waals surface area contributed by atoms with Crippen molar-refractivity contribution in [2.24, 2.45) is 0 Å². The van der Waals surface area contributed by atoms with E-state index in [-0.39, 0.29) is 18.3 Å². The van der Waals surface area contributed by atoms with E-state index in [1.54, 1.807) is 7.11 Å². The molecule has 4 rings (SSSR count). The summed E-state index contributed by atoms with van der Waals surface area (Å²) in [4.78, 5) is 6.07. The van der Waals surface area contributed by atoms with Crippen molar-refractivity contribution in [2.75, 3.05) is 26.8 Å². The number of ether oxygens (including phenoxy) is 4. The summed E-state index contributed by atoms with van der Waals surface area (Å²) >= 11 is 0. The van der Waals surface area contributed by atoms with Crippen LogP contribution in [0.5, 0.6) is 0 Å². The van der Waals surface area contributed by atoms with Gasteiger partial charge in [-0.2, -0.15) is 5.06 Å². The highest BCUT2D eigenvalue weighted by Crippen LogP contribution is 2.29. The fourth-order valence-electron chi connectivity index (χ4n) is 4.10. The molecular weight excluding hydrogens is 394 g/mol. The number of hydrogen-bond acceptors (Lipinski definition) is 6. The molecule has 6 nitrogen and oxygen atoms in total. The van der Waals surface area contributed by atoms with E-state index in [1.807, 2.05) is 41.5 Å². The van der Waals surface area contributed by atoms with E-state index in [9.17, 15) is 0 Å². The molecule has 0 bridgehead atoms. The average molecular weight is 428 g/mol. The topological polar surface area (TPSA) is 49.4 Å². The summed E-state index contributed by atoms with van der Waals surface area (Å²) in [6.45, 7) is 3.30. The molecule has 2 heterocycles. The molecule has 2 unspecified atom stereocenters. The van der Waals surface area contributed by atoms with Gasteiger partial charge in [-0.25, -0.2) is 0 Å². The fourth-order valence-corrected chi connectivity index (χ4v) is 4.10. The first kappa shape index (κ1) is 22.4. The lowest BCUT2D eigenvalue weighted by Crippen LogP contribution is -2.41. The van der Waals surface area contributed by atoms with Gasteiger partial charge in [-0.05, 0) is 24.0 Å². The van der Waals surface area contributed by atoms with Crippen molar-refractivity contribution in [3.8, 4) is 0 Å². The average Bonchev–Trinajstić information content (AvgIpc) is 3.18. The Bertz CT molecular complexity index is 753. The third-order valence-corrected chi connectivity index (χ3v) is 5.81. The summed E-state index contributed by atoms with van der Waals surface area (Å²) in [7, 11) is 1.64. The molecule has 0 N–H and O–H groups in total. The van der Waals surface area contributed by atoms with Crippen LogP contribution in [0.25, 0.3) is 0 Å². The lowest BCUT2D eigenvalue weighted by atomic mass is 10.1. The normalized spacial score (nSPS) is 26.9. The van der Waals surface area contributed by atoms with Crippen molar-refractivity contribution in [3.05, 3.63) is 71.8 Å². The van der Waals surface area contributed by atoms with Crippen LogP contribution in [0.4, 0.5) is 0 Å². The highest BCUT2D eigenvalue weighted by molar-refractivity contribution is 5.14. The maximum Gasteiger partial charge on any atom is 0.186 e. The molecule has 0 amide bonds. The Morgan fingerprint density at radius 2 is 1.39 bits per heavy atom. The molecule has 0 radical (unpaired) electrons. The van der Waals surface area contributed by atoms with Gasteiger partial charge in [0.05, 0.1) is 19.8 Å². The second-order valence-electron chi connectivity index (χ2n) is 8.09. The second-order valence-corrected chi connectivity index (χ2v) is 8.09. The van der Waals surface area contributed by atoms with E-state index in [2.05, 4.69) is 24.3 Å². The van der Waals surface area contributed by atoms with E-state index in [4.69, 9.17) is 23.8 Å². The first-order chi connectivity index (χ1) is 15.3. The molecule has 0 aromatic heterocycles. The minimum absolute atomic E-state index is 0.267. The third-order valence-electron chi connectivity index (χ3n) is 5.81. The predicted molar refractivity (Wildman–Crippen MR) is 117 cm³/mol. The van der Waals surface area contributed by atoms with Crippen LogP contribution >= 0.6 is 0 Å². The quantitative estimate of drug-likeness (QED) is 0.572. The fraction of sp³-hybridized carbons (Fsp3) is 0.520. The minimum atomic E-state index is -0.501. The van der Waals surface area contributed by atoms with Crippen LogP contribution in [0, 0.1) is 0 Å². The Kier molecular flexibility index (Phi) is 8.46. The number of benzene rings is 2. The van der Waals surface area contributed by atoms with Gasteiger partial charge in [0.1, 0.15) is 18.3 Å². The lowest BCUT2D eigenvalue weighted by molar-refractivity contribution is -0.213. The minimum Gasteiger partial charge on any atom is -0.368 e. The second kappa shape index (κ2) is 11.7. The van der Waals surface area contributed by atoms with Gasteiger partial charge >= 0.3 is 0 Å². The summed E-state index contributed by atoms with van der Waals surface area (Å²) in [5.74, 6) is 0. The van der Waals surface area contributed by atoms with Gasteiger partial charge in [-0.3, -0.25) is 4.84 Å². The first-order valence-corrected chi connectivity index (χ1v) is 11.2. The van der Waals surface area contributed by atoms with Crippen molar-refractivity contribution < 1.29 is 23.8 Å². The molecule has 0 aliphatic carbocycles. The Morgan fingerprint density at radius 1 is 0.806 bits per heavy atom. The molecule has 0 saturated carbocycles. The van der Waals surface area contributed by atoms with Gasteiger partial charge in [0, 0.05) is 20.2 Å². The smallest absolute Gasteiger partial charge is 0.186 e. The van der Waals surface area contributed by atoms with Crippen LogP contribution in [0.1, 0.15) is 30.4 Å². The van der Waals surface area contributed by atoms with Gasteiger partial charge in [0.25, 0.3) is 0 Å². The van der Waals surface area contributed by atoms with Crippen LogP contribution in [-0.2, 0) is 37.0 Å². The molecule has 2 aromatic carbocycles. The summed E-state index contributed by atoms with van der Waals surface area (Å²) in [6, 6.07) is 20.3. The highest BCUT2D eigenvalue weighted by atomic mass is 16.7. The zero-order chi connectivity index (χ0) is 21.3. The number of hydrogen-bond donors (Lipinski definition) is 0. The number of hydroxylamine groups is 2. The van der Waals surface area contributed by atoms with Gasteiger partial charge in [0.2, 0.25) is 0 Å². The van der Waals surface area contributed by atoms with Crippen LogP contribution in [0.2, 0.25) is 0 Å². The van der Waals surface area contributed by atoms with E-state index in [1.165, 1.54) is 19.3 Å². The molecule has 0 spiro atoms. The molecule has 2 aliphatic rings. The summed E-state index contributed by atoms with van der Waals surface area (Å²) in [5.41, 5.74) is 2.22. The Hall–Kier alpha value is -1.80. The Labute approximate surface area is 185 Å². The molecule has 4 atom stereocenters. The van der Waals surface area contributed by atoms with E-state index < -0.39 is 6.29 Å². The van der Waals surface area contributed by atoms with Gasteiger partial charge < -0.3 is 18.9 Å². The molecule has 2 saturated heterocycles. The largest absolute Gasteiger partial charge is 0.368 e. The molecule has 31 heavy (non-hydrogen) atoms. The highest BCUT2D eigenvalue weighted by Gasteiger charge is 2.47.